The van der Waals surface area contributed by atoms with E-state index in [1.54, 1.807) is 7.05 Å². The lowest BCUT2D eigenvalue weighted by molar-refractivity contribution is -0.133. The molecule has 9 rings (SSSR count). The van der Waals surface area contributed by atoms with Crippen LogP contribution in [0.15, 0.2) is 59.1 Å². The number of hydrogen-bond donors (Lipinski definition) is 7. The lowest BCUT2D eigenvalue weighted by Gasteiger charge is -2.61. The van der Waals surface area contributed by atoms with Gasteiger partial charge in [0.25, 0.3) is 0 Å². The molecule has 6 bridgehead atoms. The summed E-state index contributed by atoms with van der Waals surface area (Å²) in [5.41, 5.74) is 7.30. The van der Waals surface area contributed by atoms with E-state index in [2.05, 4.69) is 88.1 Å². The molecule has 8 heteroatoms. The highest BCUT2D eigenvalue weighted by molar-refractivity contribution is 5.80. The second kappa shape index (κ2) is 11.2. The molecule has 2 aromatic rings. The van der Waals surface area contributed by atoms with Crippen molar-refractivity contribution in [2.45, 2.75) is 87.6 Å². The number of guanidine groups is 1. The quantitative estimate of drug-likeness (QED) is 0.112. The van der Waals surface area contributed by atoms with Gasteiger partial charge in [-0.1, -0.05) is 53.8 Å². The summed E-state index contributed by atoms with van der Waals surface area (Å²) in [6.07, 6.45) is 14.8. The van der Waals surface area contributed by atoms with Crippen molar-refractivity contribution in [1.29, 1.82) is 0 Å². The van der Waals surface area contributed by atoms with E-state index in [0.29, 0.717) is 18.8 Å². The Morgan fingerprint density at radius 1 is 1.06 bits per heavy atom. The van der Waals surface area contributed by atoms with Crippen LogP contribution in [0.4, 0.5) is 0 Å². The molecule has 4 fully saturated rings. The van der Waals surface area contributed by atoms with Crippen molar-refractivity contribution in [2.24, 2.45) is 63.0 Å². The number of benzene rings is 1. The lowest BCUT2D eigenvalue weighted by Crippen LogP contribution is -2.59. The fourth-order valence-electron chi connectivity index (χ4n) is 13.3. The van der Waals surface area contributed by atoms with Crippen molar-refractivity contribution in [3.63, 3.8) is 0 Å². The summed E-state index contributed by atoms with van der Waals surface area (Å²) in [7, 11) is 3.72. The highest BCUT2D eigenvalue weighted by Gasteiger charge is 2.75. The van der Waals surface area contributed by atoms with Crippen molar-refractivity contribution < 1.29 is 15.3 Å². The Morgan fingerprint density at radius 3 is 2.71 bits per heavy atom. The second-order valence-electron chi connectivity index (χ2n) is 17.1. The van der Waals surface area contributed by atoms with Crippen molar-refractivity contribution >= 4 is 16.9 Å². The van der Waals surface area contributed by atoms with Crippen molar-refractivity contribution in [3.8, 4) is 11.8 Å². The molecule has 13 atom stereocenters. The standard InChI is InChI=1S/C41H53N5O3/c1-43-23-24-13-15-38(19-24)20-26-9-10-28(46-37(42)44-2)22-40(49)35(47)18-33-36(40)32-12-11-30-31(7-5-14-39(30,33)48)41(26,32)27(21-38)17-29-16-25-6-3-4-8-34(25)45-29/h3-8,16,21,24,26,28,30-33,35-36,43,45,47-49H,11-15,17-20,22-23H2,1-2H3,(H3,42,44,46)/t24-,26-,28-,30-,31-,32-,33-,35-,36-,38-,39-,40-,41-/m0/s1. The summed E-state index contributed by atoms with van der Waals surface area (Å²) in [6, 6.07) is 10.4. The molecule has 0 amide bonds. The van der Waals surface area contributed by atoms with Crippen LogP contribution in [0.5, 0.6) is 0 Å². The van der Waals surface area contributed by atoms with Gasteiger partial charge >= 0.3 is 0 Å². The predicted molar refractivity (Wildman–Crippen MR) is 192 cm³/mol. The average Bonchev–Trinajstić information content (AvgIpc) is 3.72. The fourth-order valence-corrected chi connectivity index (χ4v) is 13.3. The number of aliphatic hydroxyl groups excluding tert-OH is 1. The van der Waals surface area contributed by atoms with Crippen LogP contribution in [0.25, 0.3) is 10.9 Å². The molecule has 8 N–H and O–H groups in total. The molecule has 2 spiro atoms. The predicted octanol–water partition coefficient (Wildman–Crippen LogP) is 4.03. The normalized spacial score (nSPS) is 46.3. The smallest absolute Gasteiger partial charge is 0.189 e. The van der Waals surface area contributed by atoms with Gasteiger partial charge < -0.3 is 36.7 Å². The summed E-state index contributed by atoms with van der Waals surface area (Å²) < 4.78 is 0. The van der Waals surface area contributed by atoms with Crippen LogP contribution in [0.3, 0.4) is 0 Å². The number of aromatic amines is 1. The van der Waals surface area contributed by atoms with Crippen LogP contribution in [0, 0.1) is 64.1 Å². The third-order valence-corrected chi connectivity index (χ3v) is 14.9. The van der Waals surface area contributed by atoms with E-state index in [9.17, 15) is 15.3 Å². The molecule has 8 nitrogen and oxygen atoms in total. The van der Waals surface area contributed by atoms with Gasteiger partial charge in [0.15, 0.2) is 5.96 Å². The minimum absolute atomic E-state index is 0.0259. The number of aromatic nitrogens is 1. The zero-order valence-electron chi connectivity index (χ0n) is 29.0. The molecule has 0 radical (unpaired) electrons. The molecule has 49 heavy (non-hydrogen) atoms. The van der Waals surface area contributed by atoms with Crippen LogP contribution in [0.1, 0.15) is 63.5 Å². The van der Waals surface area contributed by atoms with E-state index in [0.717, 1.165) is 50.6 Å². The van der Waals surface area contributed by atoms with Gasteiger partial charge in [0, 0.05) is 42.4 Å². The molecule has 7 aliphatic carbocycles. The van der Waals surface area contributed by atoms with Crippen molar-refractivity contribution in [1.82, 2.24) is 15.6 Å². The number of fused-ring (bicyclic) bond motifs is 2. The fraction of sp³-hybridized carbons (Fsp3) is 0.634. The first kappa shape index (κ1) is 31.9. The van der Waals surface area contributed by atoms with Gasteiger partial charge in [-0.3, -0.25) is 4.99 Å². The molecule has 1 aromatic heterocycles. The molecule has 1 heterocycles. The zero-order valence-corrected chi connectivity index (χ0v) is 29.0. The third kappa shape index (κ3) is 4.48. The van der Waals surface area contributed by atoms with Crippen LogP contribution in [-0.2, 0) is 6.42 Å². The molecule has 1 aromatic carbocycles. The third-order valence-electron chi connectivity index (χ3n) is 14.9. The Bertz CT molecular complexity index is 1770. The molecule has 0 unspecified atom stereocenters. The SMILES string of the molecule is CN=C(N)N[C@H]1C#C[C@H]2C[C@]3(C=C(Cc4cc5ccccc5[nH]4)[C@]24[C@H]2C=CC[C@@]5(O)[C@H]6C[C@H](O)[C@@](O)(C1)[C@H]6[C@@H]4CC[C@@H]25)CC[C@H](CNC)C3. The number of hydrogen-bond acceptors (Lipinski definition) is 5. The van der Waals surface area contributed by atoms with Crippen LogP contribution in [0.2, 0.25) is 0 Å². The van der Waals surface area contributed by atoms with Crippen LogP contribution in [-0.4, -0.2) is 70.3 Å². The van der Waals surface area contributed by atoms with Crippen molar-refractivity contribution in [2.75, 3.05) is 20.6 Å². The highest BCUT2D eigenvalue weighted by Crippen LogP contribution is 2.75. The molecule has 7 aliphatic rings. The molecule has 0 saturated heterocycles. The number of para-hydroxylation sites is 1. The first-order valence-electron chi connectivity index (χ1n) is 18.9. The molecular formula is C41H53N5O3. The minimum atomic E-state index is -1.42. The molecule has 4 saturated carbocycles. The van der Waals surface area contributed by atoms with E-state index in [1.165, 1.54) is 23.1 Å². The Balaban J connectivity index is 1.30. The van der Waals surface area contributed by atoms with Crippen molar-refractivity contribution in [3.05, 3.63) is 59.8 Å². The van der Waals surface area contributed by atoms with Gasteiger partial charge in [-0.25, -0.2) is 0 Å². The van der Waals surface area contributed by atoms with E-state index in [4.69, 9.17) is 5.73 Å². The van der Waals surface area contributed by atoms with E-state index in [-0.39, 0.29) is 58.7 Å². The Kier molecular flexibility index (Phi) is 7.29. The number of rotatable bonds is 5. The number of nitrogens with one attached hydrogen (secondary N) is 3. The van der Waals surface area contributed by atoms with Gasteiger partial charge in [-0.2, -0.15) is 0 Å². The Morgan fingerprint density at radius 2 is 1.90 bits per heavy atom. The molecule has 0 aliphatic heterocycles. The van der Waals surface area contributed by atoms with Crippen LogP contribution < -0.4 is 16.4 Å². The van der Waals surface area contributed by atoms with Crippen LogP contribution >= 0.6 is 0 Å². The summed E-state index contributed by atoms with van der Waals surface area (Å²) in [6.45, 7) is 1.02. The first-order chi connectivity index (χ1) is 23.6. The highest BCUT2D eigenvalue weighted by atomic mass is 16.3. The maximum Gasteiger partial charge on any atom is 0.189 e. The largest absolute Gasteiger partial charge is 0.390 e. The van der Waals surface area contributed by atoms with E-state index < -0.39 is 23.3 Å². The second-order valence-corrected chi connectivity index (χ2v) is 17.1. The number of aliphatic imine (C=N–C) groups is 1. The Labute approximate surface area is 290 Å². The zero-order chi connectivity index (χ0) is 33.8. The number of aliphatic hydroxyl groups is 3. The molecule has 260 valence electrons. The van der Waals surface area contributed by atoms with E-state index >= 15 is 0 Å². The first-order valence-corrected chi connectivity index (χ1v) is 18.9. The monoisotopic (exact) mass is 663 g/mol. The van der Waals surface area contributed by atoms with Gasteiger partial charge in [0.1, 0.15) is 0 Å². The number of allylic oxidation sites excluding steroid dienone is 3. The number of H-pyrrole nitrogens is 1. The minimum Gasteiger partial charge on any atom is -0.390 e. The number of nitrogens with two attached hydrogens (primary N) is 1. The lowest BCUT2D eigenvalue weighted by atomic mass is 9.42. The number of nitrogens with zero attached hydrogens (tertiary/aromatic N) is 1. The van der Waals surface area contributed by atoms with Gasteiger partial charge in [-0.15, -0.1) is 0 Å². The summed E-state index contributed by atoms with van der Waals surface area (Å²) in [5, 5.41) is 45.9. The van der Waals surface area contributed by atoms with Gasteiger partial charge in [0.2, 0.25) is 0 Å². The molecular weight excluding hydrogens is 610 g/mol. The topological polar surface area (TPSA) is 139 Å². The van der Waals surface area contributed by atoms with E-state index in [1.807, 2.05) is 0 Å². The van der Waals surface area contributed by atoms with Gasteiger partial charge in [0.05, 0.1) is 23.3 Å². The maximum atomic E-state index is 13.0. The summed E-state index contributed by atoms with van der Waals surface area (Å²) in [5.74, 6) is 8.26. The average molecular weight is 664 g/mol. The summed E-state index contributed by atoms with van der Waals surface area (Å²) in [4.78, 5) is 7.96. The maximum absolute atomic E-state index is 13.0. The Hall–Kier alpha value is -3.09. The van der Waals surface area contributed by atoms with Gasteiger partial charge in [-0.05, 0) is 123 Å². The summed E-state index contributed by atoms with van der Waals surface area (Å²) >= 11 is 0.